The molecule has 2 aromatic rings. The number of guanidine groups is 1. The normalized spacial score (nSPS) is 11.5. The number of halogens is 1. The third-order valence-corrected chi connectivity index (χ3v) is 4.65. The van der Waals surface area contributed by atoms with Crippen molar-refractivity contribution in [2.24, 2.45) is 10.7 Å². The Kier molecular flexibility index (Phi) is 8.91. The van der Waals surface area contributed by atoms with Crippen molar-refractivity contribution in [3.8, 4) is 11.5 Å². The molecular weight excluding hydrogens is 376 g/mol. The summed E-state index contributed by atoms with van der Waals surface area (Å²) in [7, 11) is 1.57. The summed E-state index contributed by atoms with van der Waals surface area (Å²) in [4.78, 5) is 6.69. The largest absolute Gasteiger partial charge is 0.495 e. The lowest BCUT2D eigenvalue weighted by Crippen LogP contribution is -2.27. The predicted octanol–water partition coefficient (Wildman–Crippen LogP) is 4.00. The van der Waals surface area contributed by atoms with E-state index in [2.05, 4.69) is 29.1 Å². The average molecular weight is 405 g/mol. The number of hydrogen-bond acceptors (Lipinski definition) is 4. The van der Waals surface area contributed by atoms with Gasteiger partial charge in [0.2, 0.25) is 0 Å². The minimum absolute atomic E-state index is 0.320. The Morgan fingerprint density at radius 1 is 1.14 bits per heavy atom. The zero-order chi connectivity index (χ0) is 20.4. The molecule has 0 spiro atoms. The SMILES string of the molecule is CCN(CC)CCOc1ccc(CN=C(N)Nc2ccc(OC)c(Cl)c2)cc1. The molecule has 0 aromatic heterocycles. The number of nitrogens with one attached hydrogen (secondary N) is 1. The van der Waals surface area contributed by atoms with Crippen LogP contribution in [0.15, 0.2) is 47.5 Å². The predicted molar refractivity (Wildman–Crippen MR) is 117 cm³/mol. The Bertz CT molecular complexity index is 762. The second kappa shape index (κ2) is 11.4. The first-order valence-corrected chi connectivity index (χ1v) is 9.78. The van der Waals surface area contributed by atoms with Crippen molar-refractivity contribution in [2.45, 2.75) is 20.4 Å². The number of anilines is 1. The van der Waals surface area contributed by atoms with Crippen molar-refractivity contribution in [3.05, 3.63) is 53.1 Å². The molecule has 0 unspecified atom stereocenters. The van der Waals surface area contributed by atoms with Crippen molar-refractivity contribution < 1.29 is 9.47 Å². The third-order valence-electron chi connectivity index (χ3n) is 4.35. The van der Waals surface area contributed by atoms with E-state index in [0.29, 0.717) is 29.9 Å². The number of aliphatic imine (C=N–C) groups is 1. The van der Waals surface area contributed by atoms with Gasteiger partial charge in [0.15, 0.2) is 5.96 Å². The van der Waals surface area contributed by atoms with E-state index in [-0.39, 0.29) is 0 Å². The van der Waals surface area contributed by atoms with Crippen LogP contribution < -0.4 is 20.5 Å². The molecular formula is C21H29ClN4O2. The zero-order valence-corrected chi connectivity index (χ0v) is 17.5. The molecule has 2 rings (SSSR count). The smallest absolute Gasteiger partial charge is 0.193 e. The van der Waals surface area contributed by atoms with Crippen LogP contribution in [0.4, 0.5) is 5.69 Å². The minimum atomic E-state index is 0.320. The molecule has 28 heavy (non-hydrogen) atoms. The number of ether oxygens (including phenoxy) is 2. The molecule has 0 saturated heterocycles. The topological polar surface area (TPSA) is 72.1 Å². The lowest BCUT2D eigenvalue weighted by atomic mass is 10.2. The van der Waals surface area contributed by atoms with Crippen LogP contribution in [-0.4, -0.2) is 44.2 Å². The number of methoxy groups -OCH3 is 1. The van der Waals surface area contributed by atoms with Crippen molar-refractivity contribution in [1.82, 2.24) is 4.90 Å². The lowest BCUT2D eigenvalue weighted by molar-refractivity contribution is 0.223. The Morgan fingerprint density at radius 2 is 1.86 bits per heavy atom. The molecule has 0 amide bonds. The number of rotatable bonds is 10. The van der Waals surface area contributed by atoms with Crippen LogP contribution in [0.1, 0.15) is 19.4 Å². The summed E-state index contributed by atoms with van der Waals surface area (Å²) >= 11 is 6.11. The van der Waals surface area contributed by atoms with Gasteiger partial charge in [-0.05, 0) is 49.0 Å². The fraction of sp³-hybridized carbons (Fsp3) is 0.381. The first-order valence-electron chi connectivity index (χ1n) is 9.40. The summed E-state index contributed by atoms with van der Waals surface area (Å²) in [5.41, 5.74) is 7.76. The maximum absolute atomic E-state index is 6.11. The van der Waals surface area contributed by atoms with E-state index in [0.717, 1.165) is 36.6 Å². The Hall–Kier alpha value is -2.44. The van der Waals surface area contributed by atoms with E-state index in [9.17, 15) is 0 Å². The van der Waals surface area contributed by atoms with E-state index in [1.165, 1.54) is 0 Å². The highest BCUT2D eigenvalue weighted by atomic mass is 35.5. The number of likely N-dealkylation sites (N-methyl/N-ethyl adjacent to an activating group) is 1. The fourth-order valence-electron chi connectivity index (χ4n) is 2.63. The van der Waals surface area contributed by atoms with Crippen molar-refractivity contribution >= 4 is 23.2 Å². The van der Waals surface area contributed by atoms with Crippen molar-refractivity contribution in [3.63, 3.8) is 0 Å². The number of hydrogen-bond donors (Lipinski definition) is 2. The Labute approximate surface area is 172 Å². The molecule has 3 N–H and O–H groups in total. The van der Waals surface area contributed by atoms with Gasteiger partial charge < -0.3 is 25.4 Å². The van der Waals surface area contributed by atoms with Gasteiger partial charge in [-0.15, -0.1) is 0 Å². The summed E-state index contributed by atoms with van der Waals surface area (Å²) < 4.78 is 10.9. The van der Waals surface area contributed by atoms with E-state index >= 15 is 0 Å². The summed E-state index contributed by atoms with van der Waals surface area (Å²) in [5, 5.41) is 3.53. The summed E-state index contributed by atoms with van der Waals surface area (Å²) in [5.74, 6) is 1.79. The number of nitrogens with two attached hydrogens (primary N) is 1. The quantitative estimate of drug-likeness (QED) is 0.462. The van der Waals surface area contributed by atoms with Gasteiger partial charge in [-0.2, -0.15) is 0 Å². The van der Waals surface area contributed by atoms with Crippen molar-refractivity contribution in [2.75, 3.05) is 38.7 Å². The fourth-order valence-corrected chi connectivity index (χ4v) is 2.89. The minimum Gasteiger partial charge on any atom is -0.495 e. The number of benzene rings is 2. The molecule has 0 fully saturated rings. The van der Waals surface area contributed by atoms with Gasteiger partial charge in [-0.25, -0.2) is 4.99 Å². The number of nitrogens with zero attached hydrogens (tertiary/aromatic N) is 2. The first-order chi connectivity index (χ1) is 13.5. The van der Waals surface area contributed by atoms with Gasteiger partial charge in [-0.1, -0.05) is 37.6 Å². The van der Waals surface area contributed by atoms with Gasteiger partial charge in [0.25, 0.3) is 0 Å². The summed E-state index contributed by atoms with van der Waals surface area (Å²) in [6.45, 7) is 8.47. The average Bonchev–Trinajstić information content (AvgIpc) is 2.71. The van der Waals surface area contributed by atoms with Crippen LogP contribution in [-0.2, 0) is 6.54 Å². The molecule has 0 atom stereocenters. The highest BCUT2D eigenvalue weighted by Gasteiger charge is 2.03. The van der Waals surface area contributed by atoms with Crippen molar-refractivity contribution in [1.29, 1.82) is 0 Å². The molecule has 6 nitrogen and oxygen atoms in total. The standard InChI is InChI=1S/C21H29ClN4O2/c1-4-26(5-2)12-13-28-18-9-6-16(7-10-18)15-24-21(23)25-17-8-11-20(27-3)19(22)14-17/h6-11,14H,4-5,12-13,15H2,1-3H3,(H3,23,24,25). The van der Waals surface area contributed by atoms with E-state index in [4.69, 9.17) is 26.8 Å². The second-order valence-corrected chi connectivity index (χ2v) is 6.60. The van der Waals surface area contributed by atoms with Crippen LogP contribution in [0.25, 0.3) is 0 Å². The molecule has 0 saturated carbocycles. The first kappa shape index (κ1) is 21.9. The van der Waals surface area contributed by atoms with Gasteiger partial charge in [0.05, 0.1) is 18.7 Å². The van der Waals surface area contributed by atoms with Crippen LogP contribution in [0.5, 0.6) is 11.5 Å². The molecule has 2 aromatic carbocycles. The highest BCUT2D eigenvalue weighted by Crippen LogP contribution is 2.27. The molecule has 7 heteroatoms. The molecule has 0 bridgehead atoms. The Balaban J connectivity index is 1.83. The zero-order valence-electron chi connectivity index (χ0n) is 16.7. The van der Waals surface area contributed by atoms with Gasteiger partial charge >= 0.3 is 0 Å². The van der Waals surface area contributed by atoms with E-state index in [1.54, 1.807) is 19.2 Å². The highest BCUT2D eigenvalue weighted by molar-refractivity contribution is 6.32. The second-order valence-electron chi connectivity index (χ2n) is 6.20. The van der Waals surface area contributed by atoms with Gasteiger partial charge in [0, 0.05) is 12.2 Å². The molecule has 0 radical (unpaired) electrons. The maximum atomic E-state index is 6.11. The summed E-state index contributed by atoms with van der Waals surface area (Å²) in [6.07, 6.45) is 0. The van der Waals surface area contributed by atoms with Crippen LogP contribution in [0, 0.1) is 0 Å². The molecule has 0 aliphatic heterocycles. The maximum Gasteiger partial charge on any atom is 0.193 e. The van der Waals surface area contributed by atoms with E-state index < -0.39 is 0 Å². The van der Waals surface area contributed by atoms with Crippen LogP contribution in [0.3, 0.4) is 0 Å². The van der Waals surface area contributed by atoms with Crippen LogP contribution in [0.2, 0.25) is 5.02 Å². The monoisotopic (exact) mass is 404 g/mol. The third kappa shape index (κ3) is 6.94. The molecule has 0 aliphatic rings. The molecule has 0 heterocycles. The van der Waals surface area contributed by atoms with Gasteiger partial charge in [0.1, 0.15) is 18.1 Å². The summed E-state index contributed by atoms with van der Waals surface area (Å²) in [6, 6.07) is 13.3. The lowest BCUT2D eigenvalue weighted by Gasteiger charge is -2.18. The molecule has 152 valence electrons. The Morgan fingerprint density at radius 3 is 2.46 bits per heavy atom. The van der Waals surface area contributed by atoms with E-state index in [1.807, 2.05) is 30.3 Å². The van der Waals surface area contributed by atoms with Gasteiger partial charge in [-0.3, -0.25) is 0 Å². The van der Waals surface area contributed by atoms with Crippen LogP contribution >= 0.6 is 11.6 Å². The molecule has 0 aliphatic carbocycles.